The normalized spacial score (nSPS) is 15.4. The van der Waals surface area contributed by atoms with Gasteiger partial charge in [-0.05, 0) is 31.0 Å². The molecule has 0 radical (unpaired) electrons. The summed E-state index contributed by atoms with van der Waals surface area (Å²) in [7, 11) is 0. The third kappa shape index (κ3) is 3.39. The van der Waals surface area contributed by atoms with E-state index in [1.54, 1.807) is 30.5 Å². The molecular weight excluding hydrogens is 299 g/mol. The average Bonchev–Trinajstić information content (AvgIpc) is 2.58. The quantitative estimate of drug-likeness (QED) is 0.693. The monoisotopic (exact) mass is 316 g/mol. The standard InChI is InChI=1S/C16H17FN4O2/c17-13-4-1-2-5-14(13)19-12-7-10-20(11-8-12)16-15(21(22)23)6-3-9-18-16/h1-6,9,12,19H,7-8,10-11H2. The van der Waals surface area contributed by atoms with Crippen LogP contribution in [0.1, 0.15) is 12.8 Å². The minimum Gasteiger partial charge on any atom is -0.380 e. The van der Waals surface area contributed by atoms with Crippen LogP contribution < -0.4 is 10.2 Å². The molecule has 0 bridgehead atoms. The summed E-state index contributed by atoms with van der Waals surface area (Å²) < 4.78 is 13.7. The van der Waals surface area contributed by atoms with Crippen LogP contribution >= 0.6 is 0 Å². The van der Waals surface area contributed by atoms with Crippen molar-refractivity contribution < 1.29 is 9.31 Å². The number of halogens is 1. The summed E-state index contributed by atoms with van der Waals surface area (Å²) in [4.78, 5) is 16.7. The number of hydrogen-bond acceptors (Lipinski definition) is 5. The minimum absolute atomic E-state index is 0.0213. The second-order valence-electron chi connectivity index (χ2n) is 5.49. The van der Waals surface area contributed by atoms with Crippen LogP contribution in [0.3, 0.4) is 0 Å². The van der Waals surface area contributed by atoms with Crippen molar-refractivity contribution in [2.24, 2.45) is 0 Å². The highest BCUT2D eigenvalue weighted by Gasteiger charge is 2.25. The molecule has 2 aromatic rings. The van der Waals surface area contributed by atoms with Gasteiger partial charge in [0.05, 0.1) is 10.6 Å². The Morgan fingerprint density at radius 2 is 1.96 bits per heavy atom. The largest absolute Gasteiger partial charge is 0.380 e. The number of rotatable bonds is 4. The molecule has 1 aromatic carbocycles. The predicted octanol–water partition coefficient (Wildman–Crippen LogP) is 3.21. The van der Waals surface area contributed by atoms with E-state index in [2.05, 4.69) is 10.3 Å². The number of aromatic nitrogens is 1. The molecule has 23 heavy (non-hydrogen) atoms. The van der Waals surface area contributed by atoms with E-state index >= 15 is 0 Å². The summed E-state index contributed by atoms with van der Waals surface area (Å²) in [5.41, 5.74) is 0.516. The van der Waals surface area contributed by atoms with Gasteiger partial charge in [0.1, 0.15) is 5.82 Å². The van der Waals surface area contributed by atoms with Gasteiger partial charge in [-0.3, -0.25) is 10.1 Å². The van der Waals surface area contributed by atoms with E-state index in [0.717, 1.165) is 12.8 Å². The summed E-state index contributed by atoms with van der Waals surface area (Å²) in [5.74, 6) is 0.136. The molecule has 6 nitrogen and oxygen atoms in total. The summed E-state index contributed by atoms with van der Waals surface area (Å²) in [6.07, 6.45) is 3.09. The van der Waals surface area contributed by atoms with Gasteiger partial charge >= 0.3 is 5.69 Å². The van der Waals surface area contributed by atoms with E-state index in [1.165, 1.54) is 12.1 Å². The lowest BCUT2D eigenvalue weighted by atomic mass is 10.0. The highest BCUT2D eigenvalue weighted by Crippen LogP contribution is 2.28. The van der Waals surface area contributed by atoms with Crippen LogP contribution in [-0.2, 0) is 0 Å². The number of nitrogens with zero attached hydrogens (tertiary/aromatic N) is 3. The maximum absolute atomic E-state index is 13.7. The van der Waals surface area contributed by atoms with Gasteiger partial charge in [-0.1, -0.05) is 12.1 Å². The zero-order valence-electron chi connectivity index (χ0n) is 12.5. The number of nitrogens with one attached hydrogen (secondary N) is 1. The Morgan fingerprint density at radius 3 is 2.65 bits per heavy atom. The summed E-state index contributed by atoms with van der Waals surface area (Å²) in [6.45, 7) is 1.29. The van der Waals surface area contributed by atoms with Crippen LogP contribution in [0, 0.1) is 15.9 Å². The second-order valence-corrected chi connectivity index (χ2v) is 5.49. The van der Waals surface area contributed by atoms with E-state index in [9.17, 15) is 14.5 Å². The molecule has 3 rings (SSSR count). The Morgan fingerprint density at radius 1 is 1.22 bits per heavy atom. The first-order chi connectivity index (χ1) is 11.1. The highest BCUT2D eigenvalue weighted by atomic mass is 19.1. The van der Waals surface area contributed by atoms with Crippen LogP contribution in [0.5, 0.6) is 0 Å². The molecule has 120 valence electrons. The molecule has 1 aliphatic heterocycles. The molecule has 2 heterocycles. The maximum Gasteiger partial charge on any atom is 0.311 e. The van der Waals surface area contributed by atoms with Crippen molar-refractivity contribution in [3.63, 3.8) is 0 Å². The van der Waals surface area contributed by atoms with Crippen LogP contribution in [0.4, 0.5) is 21.6 Å². The van der Waals surface area contributed by atoms with E-state index in [4.69, 9.17) is 0 Å². The van der Waals surface area contributed by atoms with Gasteiger partial charge < -0.3 is 10.2 Å². The molecule has 0 unspecified atom stereocenters. The van der Waals surface area contributed by atoms with Gasteiger partial charge in [-0.15, -0.1) is 0 Å². The van der Waals surface area contributed by atoms with Gasteiger partial charge in [-0.25, -0.2) is 9.37 Å². The zero-order chi connectivity index (χ0) is 16.2. The van der Waals surface area contributed by atoms with Crippen molar-refractivity contribution in [2.45, 2.75) is 18.9 Å². The van der Waals surface area contributed by atoms with Gasteiger partial charge in [0, 0.05) is 31.4 Å². The van der Waals surface area contributed by atoms with Gasteiger partial charge in [0.2, 0.25) is 5.82 Å². The molecule has 1 fully saturated rings. The van der Waals surface area contributed by atoms with Crippen LogP contribution in [0.25, 0.3) is 0 Å². The number of nitro groups is 1. The van der Waals surface area contributed by atoms with Crippen LogP contribution in [0.15, 0.2) is 42.6 Å². The van der Waals surface area contributed by atoms with Crippen molar-refractivity contribution in [3.05, 3.63) is 58.5 Å². The average molecular weight is 316 g/mol. The summed E-state index contributed by atoms with van der Waals surface area (Å²) >= 11 is 0. The number of hydrogen-bond donors (Lipinski definition) is 1. The maximum atomic E-state index is 13.7. The van der Waals surface area contributed by atoms with Gasteiger partial charge in [0.25, 0.3) is 0 Å². The molecule has 1 aliphatic rings. The van der Waals surface area contributed by atoms with Crippen molar-refractivity contribution in [3.8, 4) is 0 Å². The van der Waals surface area contributed by atoms with Gasteiger partial charge in [0.15, 0.2) is 0 Å². The first-order valence-corrected chi connectivity index (χ1v) is 7.50. The zero-order valence-corrected chi connectivity index (χ0v) is 12.5. The van der Waals surface area contributed by atoms with E-state index in [-0.39, 0.29) is 17.5 Å². The molecule has 7 heteroatoms. The lowest BCUT2D eigenvalue weighted by Gasteiger charge is -2.33. The van der Waals surface area contributed by atoms with Crippen molar-refractivity contribution in [1.82, 2.24) is 4.98 Å². The van der Waals surface area contributed by atoms with E-state index in [1.807, 2.05) is 4.90 Å². The van der Waals surface area contributed by atoms with Crippen LogP contribution in [-0.4, -0.2) is 29.0 Å². The van der Waals surface area contributed by atoms with Crippen molar-refractivity contribution >= 4 is 17.2 Å². The summed E-state index contributed by atoms with van der Waals surface area (Å²) in [6, 6.07) is 9.76. The third-order valence-corrected chi connectivity index (χ3v) is 3.99. The fourth-order valence-corrected chi connectivity index (χ4v) is 2.81. The molecule has 0 atom stereocenters. The fraction of sp³-hybridized carbons (Fsp3) is 0.312. The van der Waals surface area contributed by atoms with Crippen molar-refractivity contribution in [1.29, 1.82) is 0 Å². The topological polar surface area (TPSA) is 71.3 Å². The Bertz CT molecular complexity index is 702. The lowest BCUT2D eigenvalue weighted by Crippen LogP contribution is -2.39. The number of anilines is 2. The van der Waals surface area contributed by atoms with E-state index < -0.39 is 4.92 Å². The fourth-order valence-electron chi connectivity index (χ4n) is 2.81. The summed E-state index contributed by atoms with van der Waals surface area (Å²) in [5, 5.41) is 14.3. The van der Waals surface area contributed by atoms with Crippen LogP contribution in [0.2, 0.25) is 0 Å². The minimum atomic E-state index is -0.411. The molecule has 0 saturated carbocycles. The number of pyridine rings is 1. The molecular formula is C16H17FN4O2. The number of piperidine rings is 1. The molecule has 0 amide bonds. The Labute approximate surface area is 133 Å². The smallest absolute Gasteiger partial charge is 0.311 e. The Balaban J connectivity index is 1.65. The molecule has 1 saturated heterocycles. The SMILES string of the molecule is O=[N+]([O-])c1cccnc1N1CCC(Nc2ccccc2F)CC1. The Hall–Kier alpha value is -2.70. The lowest BCUT2D eigenvalue weighted by molar-refractivity contribution is -0.384. The third-order valence-electron chi connectivity index (χ3n) is 3.99. The predicted molar refractivity (Wildman–Crippen MR) is 86.1 cm³/mol. The molecule has 0 spiro atoms. The van der Waals surface area contributed by atoms with Crippen molar-refractivity contribution in [2.75, 3.05) is 23.3 Å². The van der Waals surface area contributed by atoms with E-state index in [0.29, 0.717) is 24.6 Å². The number of para-hydroxylation sites is 1. The molecule has 1 N–H and O–H groups in total. The Kier molecular flexibility index (Phi) is 4.36. The van der Waals surface area contributed by atoms with Gasteiger partial charge in [-0.2, -0.15) is 0 Å². The first-order valence-electron chi connectivity index (χ1n) is 7.50. The first kappa shape index (κ1) is 15.2. The molecule has 1 aromatic heterocycles. The number of benzene rings is 1. The second kappa shape index (κ2) is 6.60. The molecule has 0 aliphatic carbocycles. The highest BCUT2D eigenvalue weighted by molar-refractivity contribution is 5.57.